The molecule has 0 aliphatic heterocycles. The summed E-state index contributed by atoms with van der Waals surface area (Å²) < 4.78 is 0. The summed E-state index contributed by atoms with van der Waals surface area (Å²) in [5.74, 6) is 0.574. The second kappa shape index (κ2) is 8.40. The zero-order valence-electron chi connectivity index (χ0n) is 7.27. The maximum Gasteiger partial charge on any atom is 0.318 e. The molecule has 0 radical (unpaired) electrons. The Labute approximate surface area is 78.2 Å². The van der Waals surface area contributed by atoms with E-state index in [9.17, 15) is 4.79 Å². The highest BCUT2D eigenvalue weighted by molar-refractivity contribution is 6.17. The average molecular weight is 191 g/mol. The normalized spacial score (nSPS) is 10.2. The van der Waals surface area contributed by atoms with Crippen LogP contribution in [0.15, 0.2) is 12.3 Å². The van der Waals surface area contributed by atoms with Gasteiger partial charge in [-0.05, 0) is 12.8 Å². The molecule has 2 N–H and O–H groups in total. The Morgan fingerprint density at radius 1 is 1.58 bits per heavy atom. The third kappa shape index (κ3) is 7.41. The molecule has 0 saturated heterocycles. The topological polar surface area (TPSA) is 41.1 Å². The highest BCUT2D eigenvalue weighted by atomic mass is 35.5. The predicted molar refractivity (Wildman–Crippen MR) is 51.3 cm³/mol. The van der Waals surface area contributed by atoms with Crippen molar-refractivity contribution in [3.63, 3.8) is 0 Å². The molecule has 0 heterocycles. The second-order valence-corrected chi connectivity index (χ2v) is 2.63. The highest BCUT2D eigenvalue weighted by Crippen LogP contribution is 1.81. The Morgan fingerprint density at radius 2 is 2.33 bits per heavy atom. The molecule has 0 unspecified atom stereocenters. The van der Waals surface area contributed by atoms with Gasteiger partial charge in [-0.25, -0.2) is 4.79 Å². The van der Waals surface area contributed by atoms with Crippen LogP contribution in [0.25, 0.3) is 0 Å². The van der Waals surface area contributed by atoms with Crippen LogP contribution < -0.4 is 10.6 Å². The minimum atomic E-state index is -0.176. The van der Waals surface area contributed by atoms with Crippen molar-refractivity contribution in [2.75, 3.05) is 12.4 Å². The third-order valence-electron chi connectivity index (χ3n) is 1.16. The average Bonchev–Trinajstić information content (AvgIpc) is 2.06. The van der Waals surface area contributed by atoms with E-state index >= 15 is 0 Å². The van der Waals surface area contributed by atoms with Gasteiger partial charge in [0.15, 0.2) is 0 Å². The van der Waals surface area contributed by atoms with Crippen LogP contribution in [0, 0.1) is 0 Å². The van der Waals surface area contributed by atoms with Gasteiger partial charge in [0.05, 0.1) is 0 Å². The summed E-state index contributed by atoms with van der Waals surface area (Å²) in [5, 5.41) is 5.23. The molecule has 0 aliphatic rings. The summed E-state index contributed by atoms with van der Waals surface area (Å²) in [6, 6.07) is -0.176. The fourth-order valence-electron chi connectivity index (χ4n) is 0.572. The Balaban J connectivity index is 3.27. The number of allylic oxidation sites excluding steroid dienone is 1. The molecule has 0 aromatic heterocycles. The molecule has 12 heavy (non-hydrogen) atoms. The first-order valence-electron chi connectivity index (χ1n) is 4.06. The minimum absolute atomic E-state index is 0.176. The maximum absolute atomic E-state index is 10.9. The number of halogens is 1. The fraction of sp³-hybridized carbons (Fsp3) is 0.625. The summed E-state index contributed by atoms with van der Waals surface area (Å²) in [5.41, 5.74) is 0. The SMILES string of the molecule is CC/C=C/NC(=O)NCCCCl. The summed E-state index contributed by atoms with van der Waals surface area (Å²) in [7, 11) is 0. The summed E-state index contributed by atoms with van der Waals surface area (Å²) >= 11 is 5.43. The first kappa shape index (κ1) is 11.3. The largest absolute Gasteiger partial charge is 0.338 e. The molecule has 0 fully saturated rings. The summed E-state index contributed by atoms with van der Waals surface area (Å²) in [4.78, 5) is 10.9. The van der Waals surface area contributed by atoms with Crippen molar-refractivity contribution >= 4 is 17.6 Å². The zero-order valence-corrected chi connectivity index (χ0v) is 8.03. The molecule has 0 aromatic rings. The molecule has 4 heteroatoms. The van der Waals surface area contributed by atoms with E-state index in [-0.39, 0.29) is 6.03 Å². The van der Waals surface area contributed by atoms with Crippen LogP contribution in [0.3, 0.4) is 0 Å². The van der Waals surface area contributed by atoms with Crippen molar-refractivity contribution in [2.45, 2.75) is 19.8 Å². The minimum Gasteiger partial charge on any atom is -0.338 e. The van der Waals surface area contributed by atoms with E-state index in [1.165, 1.54) is 0 Å². The molecule has 3 nitrogen and oxygen atoms in total. The Bertz CT molecular complexity index is 148. The molecule has 0 spiro atoms. The number of alkyl halides is 1. The van der Waals surface area contributed by atoms with Crippen molar-refractivity contribution in [3.05, 3.63) is 12.3 Å². The molecular formula is C8H15ClN2O. The van der Waals surface area contributed by atoms with Gasteiger partial charge in [-0.3, -0.25) is 0 Å². The fourth-order valence-corrected chi connectivity index (χ4v) is 0.706. The standard InChI is InChI=1S/C8H15ClN2O/c1-2-3-6-10-8(12)11-7-4-5-9/h3,6H,2,4-5,7H2,1H3,(H2,10,11,12)/b6-3+. The van der Waals surface area contributed by atoms with Crippen LogP contribution in [0.4, 0.5) is 4.79 Å². The predicted octanol–water partition coefficient (Wildman–Crippen LogP) is 1.84. The van der Waals surface area contributed by atoms with Crippen molar-refractivity contribution in [1.82, 2.24) is 10.6 Å². The maximum atomic E-state index is 10.9. The molecule has 0 aliphatic carbocycles. The van der Waals surface area contributed by atoms with Crippen molar-refractivity contribution in [2.24, 2.45) is 0 Å². The molecule has 0 bridgehead atoms. The lowest BCUT2D eigenvalue weighted by molar-refractivity contribution is 0.244. The van der Waals surface area contributed by atoms with Crippen LogP contribution in [0.1, 0.15) is 19.8 Å². The van der Waals surface area contributed by atoms with Gasteiger partial charge in [0.2, 0.25) is 0 Å². The van der Waals surface area contributed by atoms with Gasteiger partial charge in [-0.1, -0.05) is 13.0 Å². The van der Waals surface area contributed by atoms with Crippen molar-refractivity contribution in [1.29, 1.82) is 0 Å². The Hall–Kier alpha value is -0.700. The zero-order chi connectivity index (χ0) is 9.23. The number of nitrogens with one attached hydrogen (secondary N) is 2. The smallest absolute Gasteiger partial charge is 0.318 e. The number of rotatable bonds is 5. The van der Waals surface area contributed by atoms with Crippen LogP contribution in [0.2, 0.25) is 0 Å². The van der Waals surface area contributed by atoms with Crippen molar-refractivity contribution < 1.29 is 4.79 Å². The Morgan fingerprint density at radius 3 is 2.92 bits per heavy atom. The highest BCUT2D eigenvalue weighted by Gasteiger charge is 1.93. The van der Waals surface area contributed by atoms with Gasteiger partial charge in [0.1, 0.15) is 0 Å². The molecule has 0 saturated carbocycles. The summed E-state index contributed by atoms with van der Waals surface area (Å²) in [6.07, 6.45) is 5.23. The van der Waals surface area contributed by atoms with E-state index in [1.54, 1.807) is 6.20 Å². The van der Waals surface area contributed by atoms with Crippen LogP contribution in [0.5, 0.6) is 0 Å². The molecule has 0 rings (SSSR count). The van der Waals surface area contributed by atoms with Crippen molar-refractivity contribution in [3.8, 4) is 0 Å². The first-order valence-corrected chi connectivity index (χ1v) is 4.60. The van der Waals surface area contributed by atoms with Crippen LogP contribution >= 0.6 is 11.6 Å². The molecule has 0 aromatic carbocycles. The second-order valence-electron chi connectivity index (χ2n) is 2.25. The van der Waals surface area contributed by atoms with E-state index in [0.717, 1.165) is 12.8 Å². The van der Waals surface area contributed by atoms with E-state index in [0.29, 0.717) is 12.4 Å². The Kier molecular flexibility index (Phi) is 7.91. The van der Waals surface area contributed by atoms with Gasteiger partial charge < -0.3 is 10.6 Å². The van der Waals surface area contributed by atoms with E-state index in [4.69, 9.17) is 11.6 Å². The van der Waals surface area contributed by atoms with E-state index in [1.807, 2.05) is 13.0 Å². The van der Waals surface area contributed by atoms with Crippen LogP contribution in [-0.2, 0) is 0 Å². The van der Waals surface area contributed by atoms with Gasteiger partial charge in [0, 0.05) is 18.6 Å². The number of hydrogen-bond acceptors (Lipinski definition) is 1. The van der Waals surface area contributed by atoms with Gasteiger partial charge in [0.25, 0.3) is 0 Å². The number of urea groups is 1. The molecular weight excluding hydrogens is 176 g/mol. The van der Waals surface area contributed by atoms with Gasteiger partial charge in [-0.15, -0.1) is 11.6 Å². The lowest BCUT2D eigenvalue weighted by atomic mass is 10.5. The van der Waals surface area contributed by atoms with Gasteiger partial charge in [-0.2, -0.15) is 0 Å². The molecule has 2 amide bonds. The van der Waals surface area contributed by atoms with Crippen LogP contribution in [-0.4, -0.2) is 18.5 Å². The molecule has 0 atom stereocenters. The van der Waals surface area contributed by atoms with Gasteiger partial charge >= 0.3 is 6.03 Å². The van der Waals surface area contributed by atoms with E-state index in [2.05, 4.69) is 10.6 Å². The molecule has 70 valence electrons. The number of carbonyl (C=O) groups is 1. The quantitative estimate of drug-likeness (QED) is 0.504. The lowest BCUT2D eigenvalue weighted by Crippen LogP contribution is -2.32. The first-order chi connectivity index (χ1) is 5.81. The number of amides is 2. The number of hydrogen-bond donors (Lipinski definition) is 2. The number of carbonyl (C=O) groups excluding carboxylic acids is 1. The summed E-state index contributed by atoms with van der Waals surface area (Å²) in [6.45, 7) is 2.62. The third-order valence-corrected chi connectivity index (χ3v) is 1.43. The monoisotopic (exact) mass is 190 g/mol. The lowest BCUT2D eigenvalue weighted by Gasteiger charge is -2.01. The van der Waals surface area contributed by atoms with E-state index < -0.39 is 0 Å².